The Morgan fingerprint density at radius 2 is 1.64 bits per heavy atom. The van der Waals surface area contributed by atoms with Crippen molar-refractivity contribution in [2.75, 3.05) is 24.3 Å². The fourth-order valence-electron chi connectivity index (χ4n) is 1.94. The molecule has 0 atom stereocenters. The van der Waals surface area contributed by atoms with Crippen LogP contribution in [0.2, 0.25) is 0 Å². The number of benzene rings is 2. The van der Waals surface area contributed by atoms with Crippen LogP contribution in [0.15, 0.2) is 48.5 Å². The van der Waals surface area contributed by atoms with E-state index in [4.69, 9.17) is 4.74 Å². The second-order valence-electron chi connectivity index (χ2n) is 4.99. The van der Waals surface area contributed by atoms with Crippen molar-refractivity contribution in [1.82, 2.24) is 0 Å². The van der Waals surface area contributed by atoms with Gasteiger partial charge in [0, 0.05) is 32.4 Å². The Labute approximate surface area is 129 Å². The van der Waals surface area contributed by atoms with Gasteiger partial charge in [0.05, 0.1) is 5.56 Å². The van der Waals surface area contributed by atoms with Crippen LogP contribution in [0, 0.1) is 0 Å². The third kappa shape index (κ3) is 3.85. The van der Waals surface area contributed by atoms with Gasteiger partial charge in [-0.1, -0.05) is 12.1 Å². The van der Waals surface area contributed by atoms with Gasteiger partial charge in [-0.2, -0.15) is 0 Å². The maximum absolute atomic E-state index is 12.3. The van der Waals surface area contributed by atoms with Gasteiger partial charge < -0.3 is 15.0 Å². The van der Waals surface area contributed by atoms with Crippen LogP contribution in [0.1, 0.15) is 17.3 Å². The van der Waals surface area contributed by atoms with Crippen molar-refractivity contribution in [2.45, 2.75) is 6.92 Å². The van der Waals surface area contributed by atoms with Gasteiger partial charge in [-0.05, 0) is 36.4 Å². The fourth-order valence-corrected chi connectivity index (χ4v) is 1.94. The summed E-state index contributed by atoms with van der Waals surface area (Å²) < 4.78 is 5.05. The molecule has 0 unspecified atom stereocenters. The number of esters is 1. The first-order valence-corrected chi connectivity index (χ1v) is 6.83. The molecule has 0 heterocycles. The minimum absolute atomic E-state index is 0.248. The average Bonchev–Trinajstić information content (AvgIpc) is 2.47. The normalized spacial score (nSPS) is 9.95. The molecule has 0 spiro atoms. The van der Waals surface area contributed by atoms with E-state index in [1.807, 2.05) is 43.3 Å². The minimum Gasteiger partial charge on any atom is -0.426 e. The lowest BCUT2D eigenvalue weighted by Crippen LogP contribution is -2.15. The van der Waals surface area contributed by atoms with Crippen molar-refractivity contribution in [3.63, 3.8) is 0 Å². The van der Waals surface area contributed by atoms with Gasteiger partial charge >= 0.3 is 5.97 Å². The first-order valence-electron chi connectivity index (χ1n) is 6.83. The SMILES string of the molecule is CC(=O)Oc1ccccc1C(=O)Nc1ccc(N(C)C)cc1. The van der Waals surface area contributed by atoms with E-state index in [1.165, 1.54) is 6.92 Å². The number of ether oxygens (including phenoxy) is 1. The molecule has 0 bridgehead atoms. The largest absolute Gasteiger partial charge is 0.426 e. The van der Waals surface area contributed by atoms with E-state index in [2.05, 4.69) is 5.32 Å². The van der Waals surface area contributed by atoms with Crippen LogP contribution in [0.3, 0.4) is 0 Å². The molecule has 0 saturated heterocycles. The predicted molar refractivity (Wildman–Crippen MR) is 86.5 cm³/mol. The van der Waals surface area contributed by atoms with E-state index in [1.54, 1.807) is 24.3 Å². The van der Waals surface area contributed by atoms with E-state index in [0.717, 1.165) is 5.69 Å². The summed E-state index contributed by atoms with van der Waals surface area (Å²) in [5.74, 6) is -0.539. The molecule has 0 aliphatic heterocycles. The van der Waals surface area contributed by atoms with Gasteiger partial charge in [0.15, 0.2) is 0 Å². The number of hydrogen-bond acceptors (Lipinski definition) is 4. The molecule has 5 heteroatoms. The van der Waals surface area contributed by atoms with Crippen molar-refractivity contribution in [3.8, 4) is 5.75 Å². The number of amides is 1. The monoisotopic (exact) mass is 298 g/mol. The van der Waals surface area contributed by atoms with E-state index in [-0.39, 0.29) is 11.7 Å². The zero-order valence-corrected chi connectivity index (χ0v) is 12.8. The van der Waals surface area contributed by atoms with E-state index in [9.17, 15) is 9.59 Å². The Morgan fingerprint density at radius 3 is 2.23 bits per heavy atom. The third-order valence-corrected chi connectivity index (χ3v) is 3.03. The average molecular weight is 298 g/mol. The summed E-state index contributed by atoms with van der Waals surface area (Å²) in [6.07, 6.45) is 0. The van der Waals surface area contributed by atoms with Crippen LogP contribution in [0.4, 0.5) is 11.4 Å². The Morgan fingerprint density at radius 1 is 1.00 bits per heavy atom. The molecule has 2 aromatic rings. The Kier molecular flexibility index (Phi) is 4.78. The highest BCUT2D eigenvalue weighted by Crippen LogP contribution is 2.21. The quantitative estimate of drug-likeness (QED) is 0.696. The summed E-state index contributed by atoms with van der Waals surface area (Å²) in [6, 6.07) is 14.1. The van der Waals surface area contributed by atoms with Crippen molar-refractivity contribution in [1.29, 1.82) is 0 Å². The van der Waals surface area contributed by atoms with Gasteiger partial charge in [0.1, 0.15) is 5.75 Å². The number of nitrogens with zero attached hydrogens (tertiary/aromatic N) is 1. The molecular formula is C17H18N2O3. The van der Waals surface area contributed by atoms with Crippen LogP contribution in [0.5, 0.6) is 5.75 Å². The molecule has 1 amide bonds. The highest BCUT2D eigenvalue weighted by atomic mass is 16.5. The lowest BCUT2D eigenvalue weighted by Gasteiger charge is -2.13. The van der Waals surface area contributed by atoms with Crippen molar-refractivity contribution in [3.05, 3.63) is 54.1 Å². The van der Waals surface area contributed by atoms with Crippen LogP contribution in [-0.2, 0) is 4.79 Å². The summed E-state index contributed by atoms with van der Waals surface area (Å²) in [5.41, 5.74) is 2.03. The summed E-state index contributed by atoms with van der Waals surface area (Å²) in [7, 11) is 3.89. The maximum atomic E-state index is 12.3. The second-order valence-corrected chi connectivity index (χ2v) is 4.99. The molecule has 0 aliphatic rings. The highest BCUT2D eigenvalue weighted by molar-refractivity contribution is 6.06. The zero-order chi connectivity index (χ0) is 16.1. The number of carbonyl (C=O) groups excluding carboxylic acids is 2. The number of hydrogen-bond donors (Lipinski definition) is 1. The van der Waals surface area contributed by atoms with E-state index < -0.39 is 5.97 Å². The summed E-state index contributed by atoms with van der Waals surface area (Å²) >= 11 is 0. The Balaban J connectivity index is 2.17. The van der Waals surface area contributed by atoms with Crippen LogP contribution in [-0.4, -0.2) is 26.0 Å². The van der Waals surface area contributed by atoms with Crippen LogP contribution in [0.25, 0.3) is 0 Å². The van der Waals surface area contributed by atoms with Gasteiger partial charge in [0.2, 0.25) is 0 Å². The second kappa shape index (κ2) is 6.76. The number of para-hydroxylation sites is 1. The lowest BCUT2D eigenvalue weighted by atomic mass is 10.1. The standard InChI is InChI=1S/C17H18N2O3/c1-12(20)22-16-7-5-4-6-15(16)17(21)18-13-8-10-14(11-9-13)19(2)3/h4-11H,1-3H3,(H,18,21). The highest BCUT2D eigenvalue weighted by Gasteiger charge is 2.13. The number of nitrogens with one attached hydrogen (secondary N) is 1. The summed E-state index contributed by atoms with van der Waals surface area (Å²) in [5, 5.41) is 2.79. The molecule has 0 aliphatic carbocycles. The van der Waals surface area contributed by atoms with Crippen LogP contribution >= 0.6 is 0 Å². The van der Waals surface area contributed by atoms with Crippen molar-refractivity contribution in [2.24, 2.45) is 0 Å². The maximum Gasteiger partial charge on any atom is 0.308 e. The molecular weight excluding hydrogens is 280 g/mol. The summed E-state index contributed by atoms with van der Waals surface area (Å²) in [6.45, 7) is 1.30. The summed E-state index contributed by atoms with van der Waals surface area (Å²) in [4.78, 5) is 25.4. The number of rotatable bonds is 4. The molecule has 1 N–H and O–H groups in total. The number of anilines is 2. The zero-order valence-electron chi connectivity index (χ0n) is 12.8. The Hall–Kier alpha value is -2.82. The molecule has 2 rings (SSSR count). The van der Waals surface area contributed by atoms with E-state index in [0.29, 0.717) is 11.3 Å². The van der Waals surface area contributed by atoms with Gasteiger partial charge in [-0.25, -0.2) is 0 Å². The molecule has 2 aromatic carbocycles. The minimum atomic E-state index is -0.462. The van der Waals surface area contributed by atoms with Crippen molar-refractivity contribution < 1.29 is 14.3 Å². The molecule has 22 heavy (non-hydrogen) atoms. The van der Waals surface area contributed by atoms with Gasteiger partial charge in [-0.3, -0.25) is 9.59 Å². The smallest absolute Gasteiger partial charge is 0.308 e. The Bertz CT molecular complexity index is 679. The fraction of sp³-hybridized carbons (Fsp3) is 0.176. The first-order chi connectivity index (χ1) is 10.5. The number of carbonyl (C=O) groups is 2. The van der Waals surface area contributed by atoms with Gasteiger partial charge in [-0.15, -0.1) is 0 Å². The molecule has 114 valence electrons. The predicted octanol–water partition coefficient (Wildman–Crippen LogP) is 2.93. The molecule has 0 radical (unpaired) electrons. The van der Waals surface area contributed by atoms with E-state index >= 15 is 0 Å². The lowest BCUT2D eigenvalue weighted by molar-refractivity contribution is -0.131. The third-order valence-electron chi connectivity index (χ3n) is 3.03. The van der Waals surface area contributed by atoms with Gasteiger partial charge in [0.25, 0.3) is 5.91 Å². The molecule has 0 aromatic heterocycles. The van der Waals surface area contributed by atoms with Crippen LogP contribution < -0.4 is 15.0 Å². The molecule has 0 saturated carbocycles. The van der Waals surface area contributed by atoms with Crippen molar-refractivity contribution >= 4 is 23.3 Å². The first kappa shape index (κ1) is 15.6. The molecule has 5 nitrogen and oxygen atoms in total. The topological polar surface area (TPSA) is 58.6 Å². The molecule has 0 fully saturated rings.